The summed E-state index contributed by atoms with van der Waals surface area (Å²) in [6.45, 7) is 5.14. The van der Waals surface area contributed by atoms with Crippen LogP contribution in [0, 0.1) is 17.8 Å². The standard InChI is InChI=1S/C24H29N3O5S/c1-17-14-27(18(2)16-28)33(30,31)24-11-9-20(8-10-21-7-5-6-12-25-21)13-22(24)32-23(17)15-26(4)19(3)29/h5-7,9,11-13,17-18,23,28H,14-16H2,1-4H3/t17-,18+,23+/m0/s1. The summed E-state index contributed by atoms with van der Waals surface area (Å²) in [4.78, 5) is 17.6. The molecule has 1 amide bonds. The van der Waals surface area contributed by atoms with Crippen molar-refractivity contribution >= 4 is 15.9 Å². The van der Waals surface area contributed by atoms with Gasteiger partial charge in [-0.2, -0.15) is 4.31 Å². The Morgan fingerprint density at radius 1 is 1.33 bits per heavy atom. The van der Waals surface area contributed by atoms with E-state index in [0.29, 0.717) is 17.8 Å². The molecule has 0 saturated heterocycles. The van der Waals surface area contributed by atoms with Crippen molar-refractivity contribution in [3.05, 3.63) is 53.9 Å². The minimum absolute atomic E-state index is 0.00793. The highest BCUT2D eigenvalue weighted by atomic mass is 32.2. The van der Waals surface area contributed by atoms with Gasteiger partial charge in [0.25, 0.3) is 0 Å². The second-order valence-corrected chi connectivity index (χ2v) is 10.1. The second kappa shape index (κ2) is 10.3. The molecule has 1 aromatic carbocycles. The largest absolute Gasteiger partial charge is 0.487 e. The van der Waals surface area contributed by atoms with E-state index in [-0.39, 0.29) is 35.6 Å². The molecule has 0 aliphatic carbocycles. The van der Waals surface area contributed by atoms with Gasteiger partial charge in [-0.15, -0.1) is 0 Å². The Balaban J connectivity index is 2.08. The Morgan fingerprint density at radius 3 is 2.73 bits per heavy atom. The third-order valence-corrected chi connectivity index (χ3v) is 7.68. The topological polar surface area (TPSA) is 100 Å². The average Bonchev–Trinajstić information content (AvgIpc) is 2.79. The van der Waals surface area contributed by atoms with Crippen molar-refractivity contribution in [1.82, 2.24) is 14.2 Å². The number of aliphatic hydroxyl groups excluding tert-OH is 1. The molecule has 3 atom stereocenters. The van der Waals surface area contributed by atoms with Gasteiger partial charge in [0.1, 0.15) is 22.4 Å². The number of ether oxygens (including phenoxy) is 1. The molecule has 0 fully saturated rings. The molecule has 9 heteroatoms. The van der Waals surface area contributed by atoms with Crippen molar-refractivity contribution in [2.45, 2.75) is 37.8 Å². The van der Waals surface area contributed by atoms with Crippen LogP contribution in [0.4, 0.5) is 0 Å². The Hall–Kier alpha value is -2.93. The van der Waals surface area contributed by atoms with E-state index < -0.39 is 22.2 Å². The van der Waals surface area contributed by atoms with E-state index in [0.717, 1.165) is 0 Å². The molecule has 0 bridgehead atoms. The number of aliphatic hydroxyl groups is 1. The lowest BCUT2D eigenvalue weighted by Crippen LogP contribution is -2.50. The summed E-state index contributed by atoms with van der Waals surface area (Å²) in [5.41, 5.74) is 1.17. The minimum Gasteiger partial charge on any atom is -0.487 e. The molecule has 1 N–H and O–H groups in total. The lowest BCUT2D eigenvalue weighted by molar-refractivity contribution is -0.129. The minimum atomic E-state index is -3.93. The first kappa shape index (κ1) is 24.7. The van der Waals surface area contributed by atoms with Crippen LogP contribution in [0.3, 0.4) is 0 Å². The van der Waals surface area contributed by atoms with Gasteiger partial charge < -0.3 is 14.7 Å². The lowest BCUT2D eigenvalue weighted by atomic mass is 10.0. The lowest BCUT2D eigenvalue weighted by Gasteiger charge is -2.37. The summed E-state index contributed by atoms with van der Waals surface area (Å²) in [7, 11) is -2.25. The van der Waals surface area contributed by atoms with Crippen LogP contribution in [-0.4, -0.2) is 72.5 Å². The monoisotopic (exact) mass is 471 g/mol. The second-order valence-electron chi connectivity index (χ2n) is 8.27. The number of hydrogen-bond donors (Lipinski definition) is 1. The first-order valence-electron chi connectivity index (χ1n) is 10.7. The van der Waals surface area contributed by atoms with E-state index in [1.807, 2.05) is 13.0 Å². The number of fused-ring (bicyclic) bond motifs is 1. The summed E-state index contributed by atoms with van der Waals surface area (Å²) in [6, 6.07) is 9.51. The molecule has 33 heavy (non-hydrogen) atoms. The maximum atomic E-state index is 13.5. The van der Waals surface area contributed by atoms with Crippen LogP contribution in [0.1, 0.15) is 32.0 Å². The Labute approximate surface area is 195 Å². The first-order valence-corrected chi connectivity index (χ1v) is 12.2. The van der Waals surface area contributed by atoms with Crippen molar-refractivity contribution in [3.8, 4) is 17.6 Å². The zero-order chi connectivity index (χ0) is 24.2. The molecular weight excluding hydrogens is 442 g/mol. The van der Waals surface area contributed by atoms with Crippen LogP contribution >= 0.6 is 0 Å². The van der Waals surface area contributed by atoms with Crippen LogP contribution in [0.2, 0.25) is 0 Å². The third kappa shape index (κ3) is 5.71. The van der Waals surface area contributed by atoms with E-state index in [1.54, 1.807) is 49.3 Å². The van der Waals surface area contributed by atoms with Gasteiger partial charge in [0.2, 0.25) is 15.9 Å². The highest BCUT2D eigenvalue weighted by Crippen LogP contribution is 2.34. The number of likely N-dealkylation sites (N-methyl/N-ethyl adjacent to an activating group) is 1. The van der Waals surface area contributed by atoms with E-state index in [2.05, 4.69) is 16.8 Å². The van der Waals surface area contributed by atoms with Crippen LogP contribution < -0.4 is 4.74 Å². The Bertz CT molecular complexity index is 1160. The fourth-order valence-electron chi connectivity index (χ4n) is 3.49. The number of aromatic nitrogens is 1. The van der Waals surface area contributed by atoms with Crippen LogP contribution in [-0.2, 0) is 14.8 Å². The molecule has 176 valence electrons. The van der Waals surface area contributed by atoms with Gasteiger partial charge in [0.15, 0.2) is 0 Å². The van der Waals surface area contributed by atoms with Crippen molar-refractivity contribution in [1.29, 1.82) is 0 Å². The SMILES string of the molecule is CC(=O)N(C)C[C@H]1Oc2cc(C#Cc3ccccn3)ccc2S(=O)(=O)N([C@H](C)CO)C[C@@H]1C. The van der Waals surface area contributed by atoms with Gasteiger partial charge >= 0.3 is 0 Å². The number of hydrogen-bond acceptors (Lipinski definition) is 6. The van der Waals surface area contributed by atoms with Crippen LogP contribution in [0.5, 0.6) is 5.75 Å². The van der Waals surface area contributed by atoms with E-state index >= 15 is 0 Å². The van der Waals surface area contributed by atoms with E-state index in [9.17, 15) is 18.3 Å². The summed E-state index contributed by atoms with van der Waals surface area (Å²) in [5.74, 6) is 5.77. The van der Waals surface area contributed by atoms with Crippen molar-refractivity contribution in [3.63, 3.8) is 0 Å². The number of nitrogens with zero attached hydrogens (tertiary/aromatic N) is 3. The molecule has 0 spiro atoms. The highest BCUT2D eigenvalue weighted by Gasteiger charge is 2.38. The van der Waals surface area contributed by atoms with Gasteiger partial charge in [-0.05, 0) is 43.2 Å². The fourth-order valence-corrected chi connectivity index (χ4v) is 5.32. The summed E-state index contributed by atoms with van der Waals surface area (Å²) >= 11 is 0. The smallest absolute Gasteiger partial charge is 0.247 e. The number of pyridine rings is 1. The maximum absolute atomic E-state index is 13.5. The van der Waals surface area contributed by atoms with Gasteiger partial charge in [0, 0.05) is 44.2 Å². The predicted molar refractivity (Wildman–Crippen MR) is 124 cm³/mol. The molecule has 1 aliphatic heterocycles. The summed E-state index contributed by atoms with van der Waals surface area (Å²) in [5, 5.41) is 9.71. The number of carbonyl (C=O) groups is 1. The van der Waals surface area contributed by atoms with E-state index in [1.165, 1.54) is 17.3 Å². The fraction of sp³-hybridized carbons (Fsp3) is 0.417. The van der Waals surface area contributed by atoms with Gasteiger partial charge in [-0.1, -0.05) is 18.9 Å². The molecule has 8 nitrogen and oxygen atoms in total. The van der Waals surface area contributed by atoms with Gasteiger partial charge in [-0.3, -0.25) is 4.79 Å². The normalized spacial score (nSPS) is 20.8. The molecule has 1 aliphatic rings. The summed E-state index contributed by atoms with van der Waals surface area (Å²) < 4.78 is 34.5. The first-order chi connectivity index (χ1) is 15.6. The molecule has 0 radical (unpaired) electrons. The van der Waals surface area contributed by atoms with Gasteiger partial charge in [0.05, 0.1) is 13.2 Å². The molecule has 3 rings (SSSR count). The van der Waals surface area contributed by atoms with Crippen molar-refractivity contribution < 1.29 is 23.1 Å². The highest BCUT2D eigenvalue weighted by molar-refractivity contribution is 7.89. The quantitative estimate of drug-likeness (QED) is 0.682. The number of amides is 1. The molecule has 0 saturated carbocycles. The maximum Gasteiger partial charge on any atom is 0.247 e. The number of sulfonamides is 1. The summed E-state index contributed by atoms with van der Waals surface area (Å²) in [6.07, 6.45) is 1.19. The third-order valence-electron chi connectivity index (χ3n) is 5.66. The van der Waals surface area contributed by atoms with Gasteiger partial charge in [-0.25, -0.2) is 13.4 Å². The van der Waals surface area contributed by atoms with E-state index in [4.69, 9.17) is 4.74 Å². The molecule has 2 heterocycles. The zero-order valence-corrected chi connectivity index (χ0v) is 20.0. The number of rotatable bonds is 4. The number of carbonyl (C=O) groups excluding carboxylic acids is 1. The Kier molecular flexibility index (Phi) is 7.74. The van der Waals surface area contributed by atoms with Crippen LogP contribution in [0.15, 0.2) is 47.5 Å². The average molecular weight is 472 g/mol. The molecule has 2 aromatic rings. The van der Waals surface area contributed by atoms with Crippen molar-refractivity contribution in [2.24, 2.45) is 5.92 Å². The van der Waals surface area contributed by atoms with Crippen molar-refractivity contribution in [2.75, 3.05) is 26.7 Å². The Morgan fingerprint density at radius 2 is 2.09 bits per heavy atom. The molecular formula is C24H29N3O5S. The molecule has 0 unspecified atom stereocenters. The molecule has 1 aromatic heterocycles. The van der Waals surface area contributed by atoms with Crippen LogP contribution in [0.25, 0.3) is 0 Å². The number of benzene rings is 1. The predicted octanol–water partition coefficient (Wildman–Crippen LogP) is 1.73. The zero-order valence-electron chi connectivity index (χ0n) is 19.2.